The van der Waals surface area contributed by atoms with Crippen molar-refractivity contribution in [2.24, 2.45) is 5.92 Å². The molecular weight excluding hydrogens is 502 g/mol. The van der Waals surface area contributed by atoms with E-state index in [1.165, 1.54) is 0 Å². The summed E-state index contributed by atoms with van der Waals surface area (Å²) in [5.41, 5.74) is 3.84. The third-order valence-electron chi connectivity index (χ3n) is 7.45. The highest BCUT2D eigenvalue weighted by Gasteiger charge is 2.34. The number of aliphatic hydroxyl groups is 2. The normalized spacial score (nSPS) is 17.5. The zero-order valence-corrected chi connectivity index (χ0v) is 22.6. The fourth-order valence-corrected chi connectivity index (χ4v) is 5.45. The van der Waals surface area contributed by atoms with Crippen molar-refractivity contribution in [2.45, 2.75) is 43.9 Å². The number of rotatable bonds is 11. The van der Waals surface area contributed by atoms with Gasteiger partial charge in [-0.05, 0) is 53.3 Å². The predicted octanol–water partition coefficient (Wildman–Crippen LogP) is 5.41. The number of nitrogens with one attached hydrogen (secondary N) is 1. The van der Waals surface area contributed by atoms with E-state index in [2.05, 4.69) is 5.32 Å². The highest BCUT2D eigenvalue weighted by atomic mass is 16.5. The zero-order valence-electron chi connectivity index (χ0n) is 22.6. The minimum Gasteiger partial charge on any atom is -0.496 e. The molecule has 0 bridgehead atoms. The van der Waals surface area contributed by atoms with E-state index in [1.54, 1.807) is 7.11 Å². The molecule has 1 aliphatic rings. The number of para-hydroxylation sites is 1. The number of methoxy groups -OCH3 is 1. The summed E-state index contributed by atoms with van der Waals surface area (Å²) in [6.07, 6.45) is 0.116. The van der Waals surface area contributed by atoms with Crippen molar-refractivity contribution in [1.29, 1.82) is 0 Å². The Hall–Kier alpha value is -4.13. The van der Waals surface area contributed by atoms with Crippen LogP contribution in [0.4, 0.5) is 0 Å². The molecule has 4 aromatic carbocycles. The molecular formula is C34H35NO5. The summed E-state index contributed by atoms with van der Waals surface area (Å²) in [5.74, 6) is 1.31. The summed E-state index contributed by atoms with van der Waals surface area (Å²) in [6, 6.07) is 32.2. The lowest BCUT2D eigenvalue weighted by Crippen LogP contribution is -2.39. The first-order valence-corrected chi connectivity index (χ1v) is 13.7. The lowest BCUT2D eigenvalue weighted by Gasteiger charge is -2.25. The first-order valence-electron chi connectivity index (χ1n) is 13.7. The molecule has 1 amide bonds. The lowest BCUT2D eigenvalue weighted by molar-refractivity contribution is -0.127. The van der Waals surface area contributed by atoms with Gasteiger partial charge >= 0.3 is 0 Å². The largest absolute Gasteiger partial charge is 0.496 e. The first-order chi connectivity index (χ1) is 19.5. The molecule has 4 atom stereocenters. The van der Waals surface area contributed by atoms with E-state index in [-0.39, 0.29) is 12.3 Å². The van der Waals surface area contributed by atoms with E-state index in [1.807, 2.05) is 103 Å². The summed E-state index contributed by atoms with van der Waals surface area (Å²) in [7, 11) is 1.59. The monoisotopic (exact) mass is 537 g/mol. The molecule has 4 aromatic rings. The Morgan fingerprint density at radius 1 is 0.900 bits per heavy atom. The second-order valence-electron chi connectivity index (χ2n) is 10.3. The van der Waals surface area contributed by atoms with Crippen LogP contribution in [0.1, 0.15) is 34.7 Å². The van der Waals surface area contributed by atoms with Gasteiger partial charge in [0.1, 0.15) is 17.2 Å². The van der Waals surface area contributed by atoms with Crippen molar-refractivity contribution in [2.75, 3.05) is 7.11 Å². The van der Waals surface area contributed by atoms with Crippen molar-refractivity contribution < 1.29 is 24.5 Å². The Kier molecular flexibility index (Phi) is 8.79. The van der Waals surface area contributed by atoms with Crippen molar-refractivity contribution in [3.63, 3.8) is 0 Å². The van der Waals surface area contributed by atoms with Gasteiger partial charge in [0, 0.05) is 24.8 Å². The van der Waals surface area contributed by atoms with Gasteiger partial charge < -0.3 is 25.0 Å². The number of aliphatic hydroxyl groups excluding tert-OH is 2. The van der Waals surface area contributed by atoms with Crippen molar-refractivity contribution >= 4 is 5.91 Å². The Bertz CT molecular complexity index is 1410. The number of carbonyl (C=O) groups excluding carboxylic acids is 1. The number of hydrogen-bond donors (Lipinski definition) is 3. The van der Waals surface area contributed by atoms with Crippen LogP contribution in [0.25, 0.3) is 0 Å². The minimum absolute atomic E-state index is 0.178. The van der Waals surface area contributed by atoms with E-state index in [4.69, 9.17) is 9.47 Å². The fraction of sp³-hybridized carbons (Fsp3) is 0.265. The molecule has 0 spiro atoms. The number of benzene rings is 4. The van der Waals surface area contributed by atoms with Crippen molar-refractivity contribution in [3.8, 4) is 17.2 Å². The number of hydrogen-bond acceptors (Lipinski definition) is 5. The topological polar surface area (TPSA) is 88.0 Å². The average molecular weight is 538 g/mol. The molecule has 6 heteroatoms. The molecule has 2 unspecified atom stereocenters. The van der Waals surface area contributed by atoms with Crippen LogP contribution >= 0.6 is 0 Å². The van der Waals surface area contributed by atoms with E-state index in [0.29, 0.717) is 30.8 Å². The SMILES string of the molecule is COc1cc(Oc2ccccc2)ccc1CC(O)CC(Cc1ccccc1)C(=O)N[C@H]1c2ccccc2C[C@H]1O. The Morgan fingerprint density at radius 2 is 1.60 bits per heavy atom. The van der Waals surface area contributed by atoms with Crippen LogP contribution in [0.2, 0.25) is 0 Å². The molecule has 0 aromatic heterocycles. The van der Waals surface area contributed by atoms with Gasteiger partial charge in [0.25, 0.3) is 0 Å². The van der Waals surface area contributed by atoms with Gasteiger partial charge in [-0.1, -0.05) is 78.9 Å². The molecule has 40 heavy (non-hydrogen) atoms. The van der Waals surface area contributed by atoms with E-state index in [9.17, 15) is 15.0 Å². The molecule has 0 heterocycles. The molecule has 1 aliphatic carbocycles. The van der Waals surface area contributed by atoms with Crippen LogP contribution in [0.5, 0.6) is 17.2 Å². The maximum atomic E-state index is 13.6. The lowest BCUT2D eigenvalue weighted by atomic mass is 9.90. The highest BCUT2D eigenvalue weighted by Crippen LogP contribution is 2.33. The van der Waals surface area contributed by atoms with Crippen LogP contribution in [0.15, 0.2) is 103 Å². The number of carbonyl (C=O) groups is 1. The van der Waals surface area contributed by atoms with Crippen molar-refractivity contribution in [3.05, 3.63) is 125 Å². The summed E-state index contributed by atoms with van der Waals surface area (Å²) < 4.78 is 11.5. The van der Waals surface area contributed by atoms with Crippen LogP contribution in [0, 0.1) is 5.92 Å². The second-order valence-corrected chi connectivity index (χ2v) is 10.3. The van der Waals surface area contributed by atoms with Gasteiger partial charge in [0.05, 0.1) is 25.4 Å². The van der Waals surface area contributed by atoms with Crippen LogP contribution in [0.3, 0.4) is 0 Å². The third kappa shape index (κ3) is 6.71. The molecule has 6 nitrogen and oxygen atoms in total. The summed E-state index contributed by atoms with van der Waals surface area (Å²) in [6.45, 7) is 0. The van der Waals surface area contributed by atoms with Crippen molar-refractivity contribution in [1.82, 2.24) is 5.32 Å². The summed E-state index contributed by atoms with van der Waals surface area (Å²) in [5, 5.41) is 25.0. The number of fused-ring (bicyclic) bond motifs is 1. The Labute approximate surface area is 235 Å². The minimum atomic E-state index is -0.782. The Morgan fingerprint density at radius 3 is 2.35 bits per heavy atom. The predicted molar refractivity (Wildman–Crippen MR) is 155 cm³/mol. The molecule has 0 aliphatic heterocycles. The number of amides is 1. The standard InChI is InChI=1S/C34H35NO5/c1-39-32-22-29(40-28-13-6-3-7-14-28)17-16-25(32)19-27(36)20-26(18-23-10-4-2-5-11-23)34(38)35-33-30-15-9-8-12-24(30)21-31(33)37/h2-17,22,26-27,31,33,36-37H,18-21H2,1H3,(H,35,38)/t26?,27?,31-,33+/m1/s1. The molecule has 3 N–H and O–H groups in total. The second kappa shape index (κ2) is 12.8. The van der Waals surface area contributed by atoms with Crippen LogP contribution in [-0.2, 0) is 24.1 Å². The maximum absolute atomic E-state index is 13.6. The van der Waals surface area contributed by atoms with E-state index >= 15 is 0 Å². The summed E-state index contributed by atoms with van der Waals surface area (Å²) >= 11 is 0. The summed E-state index contributed by atoms with van der Waals surface area (Å²) in [4.78, 5) is 13.6. The molecule has 0 saturated carbocycles. The van der Waals surface area contributed by atoms with E-state index in [0.717, 1.165) is 28.0 Å². The third-order valence-corrected chi connectivity index (χ3v) is 7.45. The average Bonchev–Trinajstić information content (AvgIpc) is 3.29. The fourth-order valence-electron chi connectivity index (χ4n) is 5.45. The zero-order chi connectivity index (χ0) is 27.9. The number of ether oxygens (including phenoxy) is 2. The maximum Gasteiger partial charge on any atom is 0.224 e. The van der Waals surface area contributed by atoms with Gasteiger partial charge in [0.15, 0.2) is 0 Å². The van der Waals surface area contributed by atoms with Gasteiger partial charge in [-0.25, -0.2) is 0 Å². The molecule has 0 fully saturated rings. The molecule has 206 valence electrons. The van der Waals surface area contributed by atoms with Crippen LogP contribution in [-0.4, -0.2) is 35.4 Å². The smallest absolute Gasteiger partial charge is 0.224 e. The molecule has 0 saturated heterocycles. The van der Waals surface area contributed by atoms with Gasteiger partial charge in [-0.2, -0.15) is 0 Å². The molecule has 0 radical (unpaired) electrons. The Balaban J connectivity index is 1.29. The van der Waals surface area contributed by atoms with E-state index < -0.39 is 24.2 Å². The van der Waals surface area contributed by atoms with Gasteiger partial charge in [-0.3, -0.25) is 4.79 Å². The van der Waals surface area contributed by atoms with Gasteiger partial charge in [0.2, 0.25) is 5.91 Å². The van der Waals surface area contributed by atoms with Crippen LogP contribution < -0.4 is 14.8 Å². The highest BCUT2D eigenvalue weighted by molar-refractivity contribution is 5.80. The quantitative estimate of drug-likeness (QED) is 0.238. The first kappa shape index (κ1) is 27.4. The van der Waals surface area contributed by atoms with Gasteiger partial charge in [-0.15, -0.1) is 0 Å². The molecule has 5 rings (SSSR count).